The molecule has 0 fully saturated rings. The molecular formula is C14H25N3O2. The van der Waals surface area contributed by atoms with Gasteiger partial charge in [-0.05, 0) is 25.5 Å². The van der Waals surface area contributed by atoms with Crippen LogP contribution in [0.25, 0.3) is 0 Å². The van der Waals surface area contributed by atoms with Crippen LogP contribution in [-0.2, 0) is 11.3 Å². The van der Waals surface area contributed by atoms with Crippen LogP contribution in [-0.4, -0.2) is 36.6 Å². The van der Waals surface area contributed by atoms with Gasteiger partial charge in [0.05, 0.1) is 12.3 Å². The van der Waals surface area contributed by atoms with Gasteiger partial charge in [-0.1, -0.05) is 20.3 Å². The maximum absolute atomic E-state index is 5.45. The molecular weight excluding hydrogens is 242 g/mol. The molecule has 0 radical (unpaired) electrons. The average molecular weight is 267 g/mol. The fraction of sp³-hybridized carbons (Fsp3) is 0.714. The zero-order valence-electron chi connectivity index (χ0n) is 12.0. The molecule has 0 aromatic carbocycles. The first-order chi connectivity index (χ1) is 9.36. The van der Waals surface area contributed by atoms with Gasteiger partial charge in [0, 0.05) is 19.2 Å². The fourth-order valence-electron chi connectivity index (χ4n) is 1.47. The van der Waals surface area contributed by atoms with Crippen molar-refractivity contribution in [3.05, 3.63) is 17.8 Å². The van der Waals surface area contributed by atoms with Crippen LogP contribution >= 0.6 is 0 Å². The zero-order valence-corrected chi connectivity index (χ0v) is 12.0. The van der Waals surface area contributed by atoms with Crippen molar-refractivity contribution in [2.24, 2.45) is 0 Å². The molecule has 1 N–H and O–H groups in total. The number of rotatable bonds is 11. The van der Waals surface area contributed by atoms with Crippen molar-refractivity contribution in [2.45, 2.75) is 39.7 Å². The lowest BCUT2D eigenvalue weighted by Crippen LogP contribution is -2.15. The van der Waals surface area contributed by atoms with Crippen LogP contribution in [0.2, 0.25) is 0 Å². The minimum absolute atomic E-state index is 0.520. The van der Waals surface area contributed by atoms with Gasteiger partial charge in [-0.25, -0.2) is 0 Å². The van der Waals surface area contributed by atoms with E-state index in [1.165, 1.54) is 0 Å². The van der Waals surface area contributed by atoms with Crippen molar-refractivity contribution in [3.63, 3.8) is 0 Å². The van der Waals surface area contributed by atoms with E-state index in [2.05, 4.69) is 29.4 Å². The molecule has 1 aromatic rings. The van der Waals surface area contributed by atoms with E-state index in [4.69, 9.17) is 9.47 Å². The van der Waals surface area contributed by atoms with E-state index in [0.717, 1.165) is 44.7 Å². The standard InChI is InChI=1S/C14H25N3O2/c1-3-5-9-18-10-11-19-14-7-6-13(16-17-14)12-15-8-4-2/h6-7,15H,3-5,8-12H2,1-2H3. The Kier molecular flexibility index (Phi) is 8.93. The molecule has 0 saturated carbocycles. The molecule has 0 spiro atoms. The second kappa shape index (κ2) is 10.7. The summed E-state index contributed by atoms with van der Waals surface area (Å²) in [4.78, 5) is 0. The molecule has 0 aliphatic carbocycles. The highest BCUT2D eigenvalue weighted by molar-refractivity contribution is 5.11. The molecule has 0 aliphatic rings. The normalized spacial score (nSPS) is 10.6. The predicted molar refractivity (Wildman–Crippen MR) is 75.3 cm³/mol. The minimum Gasteiger partial charge on any atom is -0.474 e. The molecule has 0 amide bonds. The van der Waals surface area contributed by atoms with Crippen LogP contribution in [0.5, 0.6) is 5.88 Å². The Bertz CT molecular complexity index is 317. The van der Waals surface area contributed by atoms with Crippen molar-refractivity contribution in [3.8, 4) is 5.88 Å². The van der Waals surface area contributed by atoms with Crippen molar-refractivity contribution >= 4 is 0 Å². The Balaban J connectivity index is 2.13. The van der Waals surface area contributed by atoms with Crippen LogP contribution in [0.4, 0.5) is 0 Å². The SMILES string of the molecule is CCCCOCCOc1ccc(CNCCC)nn1. The Morgan fingerprint density at radius 1 is 1.05 bits per heavy atom. The number of nitrogens with one attached hydrogen (secondary N) is 1. The number of unbranched alkanes of at least 4 members (excludes halogenated alkanes) is 1. The first kappa shape index (κ1) is 15.9. The van der Waals surface area contributed by atoms with E-state index in [1.807, 2.05) is 12.1 Å². The topological polar surface area (TPSA) is 56.3 Å². The molecule has 0 saturated heterocycles. The minimum atomic E-state index is 0.520. The van der Waals surface area contributed by atoms with Gasteiger partial charge in [-0.3, -0.25) is 0 Å². The van der Waals surface area contributed by atoms with Crippen molar-refractivity contribution in [1.82, 2.24) is 15.5 Å². The Morgan fingerprint density at radius 3 is 2.63 bits per heavy atom. The van der Waals surface area contributed by atoms with Crippen LogP contribution in [0, 0.1) is 0 Å². The second-order valence-electron chi connectivity index (χ2n) is 4.35. The highest BCUT2D eigenvalue weighted by Gasteiger charge is 1.98. The molecule has 0 atom stereocenters. The lowest BCUT2D eigenvalue weighted by atomic mass is 10.3. The summed E-state index contributed by atoms with van der Waals surface area (Å²) in [6, 6.07) is 3.78. The highest BCUT2D eigenvalue weighted by Crippen LogP contribution is 2.04. The van der Waals surface area contributed by atoms with Crippen molar-refractivity contribution < 1.29 is 9.47 Å². The molecule has 0 unspecified atom stereocenters. The average Bonchev–Trinajstić information content (AvgIpc) is 2.44. The van der Waals surface area contributed by atoms with E-state index in [0.29, 0.717) is 19.1 Å². The Morgan fingerprint density at radius 2 is 1.95 bits per heavy atom. The van der Waals surface area contributed by atoms with Crippen molar-refractivity contribution in [2.75, 3.05) is 26.4 Å². The highest BCUT2D eigenvalue weighted by atomic mass is 16.5. The summed E-state index contributed by atoms with van der Waals surface area (Å²) >= 11 is 0. The number of hydrogen-bond donors (Lipinski definition) is 1. The molecule has 0 bridgehead atoms. The van der Waals surface area contributed by atoms with Crippen LogP contribution in [0.3, 0.4) is 0 Å². The lowest BCUT2D eigenvalue weighted by Gasteiger charge is -2.06. The second-order valence-corrected chi connectivity index (χ2v) is 4.35. The van der Waals surface area contributed by atoms with E-state index < -0.39 is 0 Å². The van der Waals surface area contributed by atoms with Crippen LogP contribution in [0.15, 0.2) is 12.1 Å². The summed E-state index contributed by atoms with van der Waals surface area (Å²) in [5, 5.41) is 11.4. The van der Waals surface area contributed by atoms with Crippen LogP contribution in [0.1, 0.15) is 38.8 Å². The monoisotopic (exact) mass is 267 g/mol. The molecule has 5 heteroatoms. The number of nitrogens with zero attached hydrogens (tertiary/aromatic N) is 2. The Hall–Kier alpha value is -1.20. The van der Waals surface area contributed by atoms with E-state index in [1.54, 1.807) is 0 Å². The molecule has 5 nitrogen and oxygen atoms in total. The van der Waals surface area contributed by atoms with Crippen LogP contribution < -0.4 is 10.1 Å². The maximum Gasteiger partial charge on any atom is 0.233 e. The Labute approximate surface area is 115 Å². The molecule has 1 aromatic heterocycles. The number of hydrogen-bond acceptors (Lipinski definition) is 5. The van der Waals surface area contributed by atoms with Gasteiger partial charge in [0.15, 0.2) is 0 Å². The number of ether oxygens (including phenoxy) is 2. The lowest BCUT2D eigenvalue weighted by molar-refractivity contribution is 0.0961. The van der Waals surface area contributed by atoms with E-state index in [-0.39, 0.29) is 0 Å². The maximum atomic E-state index is 5.45. The van der Waals surface area contributed by atoms with Gasteiger partial charge in [0.1, 0.15) is 6.61 Å². The third kappa shape index (κ3) is 7.74. The molecule has 1 heterocycles. The smallest absolute Gasteiger partial charge is 0.233 e. The van der Waals surface area contributed by atoms with Gasteiger partial charge >= 0.3 is 0 Å². The third-order valence-electron chi connectivity index (χ3n) is 2.55. The van der Waals surface area contributed by atoms with Gasteiger partial charge in [0.2, 0.25) is 5.88 Å². The largest absolute Gasteiger partial charge is 0.474 e. The third-order valence-corrected chi connectivity index (χ3v) is 2.55. The van der Waals surface area contributed by atoms with E-state index >= 15 is 0 Å². The first-order valence-corrected chi connectivity index (χ1v) is 7.10. The summed E-state index contributed by atoms with van der Waals surface area (Å²) in [6.45, 7) is 7.95. The number of aromatic nitrogens is 2. The van der Waals surface area contributed by atoms with Gasteiger partial charge in [0.25, 0.3) is 0 Å². The zero-order chi connectivity index (χ0) is 13.8. The molecule has 1 rings (SSSR count). The summed E-state index contributed by atoms with van der Waals surface area (Å²) in [5.41, 5.74) is 0.931. The first-order valence-electron chi connectivity index (χ1n) is 7.10. The van der Waals surface area contributed by atoms with Gasteiger partial charge in [-0.15, -0.1) is 5.10 Å². The molecule has 19 heavy (non-hydrogen) atoms. The summed E-state index contributed by atoms with van der Waals surface area (Å²) in [7, 11) is 0. The molecule has 0 aliphatic heterocycles. The fourth-order valence-corrected chi connectivity index (χ4v) is 1.47. The quantitative estimate of drug-likeness (QED) is 0.623. The summed E-state index contributed by atoms with van der Waals surface area (Å²) in [6.07, 6.45) is 3.37. The van der Waals surface area contributed by atoms with Gasteiger partial charge < -0.3 is 14.8 Å². The predicted octanol–water partition coefficient (Wildman–Crippen LogP) is 2.17. The van der Waals surface area contributed by atoms with Gasteiger partial charge in [-0.2, -0.15) is 5.10 Å². The molecule has 108 valence electrons. The summed E-state index contributed by atoms with van der Waals surface area (Å²) < 4.78 is 10.8. The summed E-state index contributed by atoms with van der Waals surface area (Å²) in [5.74, 6) is 0.554. The van der Waals surface area contributed by atoms with Crippen molar-refractivity contribution in [1.29, 1.82) is 0 Å². The van der Waals surface area contributed by atoms with E-state index in [9.17, 15) is 0 Å².